The number of aromatic nitrogens is 1. The number of pyridine rings is 1. The molecular formula is C23H19F5N2O3S. The van der Waals surface area contributed by atoms with Crippen molar-refractivity contribution in [3.8, 4) is 5.69 Å². The summed E-state index contributed by atoms with van der Waals surface area (Å²) in [5.74, 6) is -6.96. The van der Waals surface area contributed by atoms with Gasteiger partial charge in [0.05, 0.1) is 16.6 Å². The Morgan fingerprint density at radius 1 is 1.15 bits per heavy atom. The fourth-order valence-corrected chi connectivity index (χ4v) is 5.05. The lowest BCUT2D eigenvalue weighted by Crippen LogP contribution is -2.26. The molecule has 1 unspecified atom stereocenters. The summed E-state index contributed by atoms with van der Waals surface area (Å²) >= 11 is 1.66. The average molecular weight is 498 g/mol. The van der Waals surface area contributed by atoms with Crippen LogP contribution in [0.1, 0.15) is 23.7 Å². The lowest BCUT2D eigenvalue weighted by atomic mass is 10.1. The van der Waals surface area contributed by atoms with Crippen LogP contribution in [0.2, 0.25) is 0 Å². The molecule has 1 N–H and O–H groups in total. The molecule has 1 atom stereocenters. The standard InChI is InChI=1S/C23H19F5N2O3S/c1-2-34-10-11-5-6-29(8-11)21-18(27)17(26)16-20(19(21)28)30(9-13(22(16)31)23(32)33)15-4-3-12(24)7-14(15)25/h3-4,7,9,11H,2,5-6,8,10H2,1H3,(H,32,33). The Bertz CT molecular complexity index is 1360. The highest BCUT2D eigenvalue weighted by Crippen LogP contribution is 2.37. The molecule has 4 rings (SSSR count). The molecule has 1 fully saturated rings. The van der Waals surface area contributed by atoms with Crippen LogP contribution in [0.15, 0.2) is 29.2 Å². The van der Waals surface area contributed by atoms with Gasteiger partial charge in [0.15, 0.2) is 17.5 Å². The second kappa shape index (κ2) is 9.28. The number of aromatic carboxylic acids is 1. The third kappa shape index (κ3) is 4.02. The highest BCUT2D eigenvalue weighted by molar-refractivity contribution is 7.99. The van der Waals surface area contributed by atoms with E-state index >= 15 is 13.2 Å². The second-order valence-electron chi connectivity index (χ2n) is 7.92. The van der Waals surface area contributed by atoms with E-state index in [1.54, 1.807) is 11.8 Å². The Kier molecular flexibility index (Phi) is 6.57. The summed E-state index contributed by atoms with van der Waals surface area (Å²) < 4.78 is 74.9. The summed E-state index contributed by atoms with van der Waals surface area (Å²) in [5, 5.41) is 8.21. The Hall–Kier alpha value is -3.08. The number of carboxylic acid groups (broad SMARTS) is 1. The predicted octanol–water partition coefficient (Wildman–Crippen LogP) is 4.96. The van der Waals surface area contributed by atoms with Crippen molar-refractivity contribution < 1.29 is 31.9 Å². The maximum absolute atomic E-state index is 15.9. The van der Waals surface area contributed by atoms with Gasteiger partial charge in [0, 0.05) is 25.4 Å². The molecule has 1 saturated heterocycles. The summed E-state index contributed by atoms with van der Waals surface area (Å²) in [7, 11) is 0. The van der Waals surface area contributed by atoms with E-state index in [4.69, 9.17) is 0 Å². The number of rotatable bonds is 6. The molecule has 1 aliphatic heterocycles. The molecule has 2 heterocycles. The van der Waals surface area contributed by atoms with Crippen molar-refractivity contribution in [1.82, 2.24) is 4.57 Å². The van der Waals surface area contributed by atoms with Crippen LogP contribution >= 0.6 is 11.8 Å². The smallest absolute Gasteiger partial charge is 0.341 e. The average Bonchev–Trinajstić information content (AvgIpc) is 3.24. The van der Waals surface area contributed by atoms with Crippen LogP contribution in [0.3, 0.4) is 0 Å². The molecule has 11 heteroatoms. The zero-order valence-electron chi connectivity index (χ0n) is 17.9. The summed E-state index contributed by atoms with van der Waals surface area (Å²) in [6.07, 6.45) is 1.24. The van der Waals surface area contributed by atoms with Crippen LogP contribution in [0.5, 0.6) is 0 Å². The molecule has 34 heavy (non-hydrogen) atoms. The maximum Gasteiger partial charge on any atom is 0.341 e. The van der Waals surface area contributed by atoms with Crippen molar-refractivity contribution in [3.63, 3.8) is 0 Å². The zero-order chi connectivity index (χ0) is 24.7. The van der Waals surface area contributed by atoms with Gasteiger partial charge in [0.2, 0.25) is 5.43 Å². The van der Waals surface area contributed by atoms with E-state index in [1.165, 1.54) is 4.90 Å². The molecule has 0 bridgehead atoms. The third-order valence-corrected chi connectivity index (χ3v) is 6.92. The fourth-order valence-electron chi connectivity index (χ4n) is 4.21. The normalized spacial score (nSPS) is 15.9. The van der Waals surface area contributed by atoms with Gasteiger partial charge in [0.25, 0.3) is 0 Å². The molecule has 3 aromatic rings. The molecule has 1 aliphatic rings. The van der Waals surface area contributed by atoms with E-state index in [2.05, 4.69) is 0 Å². The van der Waals surface area contributed by atoms with Crippen molar-refractivity contribution in [2.45, 2.75) is 13.3 Å². The molecule has 0 saturated carbocycles. The molecule has 0 aliphatic carbocycles. The van der Waals surface area contributed by atoms with Crippen molar-refractivity contribution in [3.05, 3.63) is 69.3 Å². The van der Waals surface area contributed by atoms with Crippen LogP contribution in [0.25, 0.3) is 16.6 Å². The predicted molar refractivity (Wildman–Crippen MR) is 120 cm³/mol. The van der Waals surface area contributed by atoms with Gasteiger partial charge in [-0.05, 0) is 36.0 Å². The lowest BCUT2D eigenvalue weighted by Gasteiger charge is -2.23. The minimum Gasteiger partial charge on any atom is -0.477 e. The van der Waals surface area contributed by atoms with Gasteiger partial charge in [-0.15, -0.1) is 0 Å². The van der Waals surface area contributed by atoms with Gasteiger partial charge >= 0.3 is 5.97 Å². The van der Waals surface area contributed by atoms with Crippen LogP contribution in [-0.2, 0) is 0 Å². The third-order valence-electron chi connectivity index (χ3n) is 5.80. The lowest BCUT2D eigenvalue weighted by molar-refractivity contribution is 0.0695. The molecule has 180 valence electrons. The Labute approximate surface area is 194 Å². The van der Waals surface area contributed by atoms with E-state index in [0.717, 1.165) is 23.6 Å². The highest BCUT2D eigenvalue weighted by Gasteiger charge is 2.33. The number of carbonyl (C=O) groups is 1. The van der Waals surface area contributed by atoms with E-state index < -0.39 is 68.3 Å². The molecule has 0 amide bonds. The molecular weight excluding hydrogens is 479 g/mol. The largest absolute Gasteiger partial charge is 0.477 e. The van der Waals surface area contributed by atoms with Crippen molar-refractivity contribution in [2.24, 2.45) is 5.92 Å². The number of anilines is 1. The summed E-state index contributed by atoms with van der Waals surface area (Å²) in [6.45, 7) is 2.46. The summed E-state index contributed by atoms with van der Waals surface area (Å²) in [6, 6.07) is 2.18. The van der Waals surface area contributed by atoms with Crippen molar-refractivity contribution in [2.75, 3.05) is 29.5 Å². The van der Waals surface area contributed by atoms with E-state index in [-0.39, 0.29) is 19.0 Å². The number of halogens is 5. The fraction of sp³-hybridized carbons (Fsp3) is 0.304. The highest BCUT2D eigenvalue weighted by atomic mass is 32.2. The van der Waals surface area contributed by atoms with Gasteiger partial charge in [-0.25, -0.2) is 26.7 Å². The second-order valence-corrected chi connectivity index (χ2v) is 9.24. The number of hydrogen-bond donors (Lipinski definition) is 1. The number of benzene rings is 2. The van der Waals surface area contributed by atoms with Gasteiger partial charge in [-0.3, -0.25) is 4.79 Å². The molecule has 0 radical (unpaired) electrons. The number of nitrogens with zero attached hydrogens (tertiary/aromatic N) is 2. The molecule has 2 aromatic carbocycles. The Balaban J connectivity index is 2.03. The first-order valence-corrected chi connectivity index (χ1v) is 11.6. The molecule has 0 spiro atoms. The van der Waals surface area contributed by atoms with Gasteiger partial charge < -0.3 is 14.6 Å². The first kappa shape index (κ1) is 24.1. The minimum atomic E-state index is -1.80. The van der Waals surface area contributed by atoms with Crippen LogP contribution in [-0.4, -0.2) is 40.2 Å². The zero-order valence-corrected chi connectivity index (χ0v) is 18.7. The van der Waals surface area contributed by atoms with Crippen molar-refractivity contribution >= 4 is 34.3 Å². The van der Waals surface area contributed by atoms with Crippen LogP contribution in [0.4, 0.5) is 27.6 Å². The number of hydrogen-bond acceptors (Lipinski definition) is 4. The van der Waals surface area contributed by atoms with E-state index in [9.17, 15) is 23.5 Å². The summed E-state index contributed by atoms with van der Waals surface area (Å²) in [4.78, 5) is 25.6. The number of carboxylic acids is 1. The Morgan fingerprint density at radius 3 is 2.53 bits per heavy atom. The quantitative estimate of drug-likeness (QED) is 0.385. The topological polar surface area (TPSA) is 62.5 Å². The van der Waals surface area contributed by atoms with Gasteiger partial charge in [-0.2, -0.15) is 11.8 Å². The Morgan fingerprint density at radius 2 is 1.88 bits per heavy atom. The molecule has 5 nitrogen and oxygen atoms in total. The SMILES string of the molecule is CCSCC1CCN(c2c(F)c(F)c3c(=O)c(C(=O)O)cn(-c4ccc(F)cc4F)c3c2F)C1. The van der Waals surface area contributed by atoms with Crippen molar-refractivity contribution in [1.29, 1.82) is 0 Å². The van der Waals surface area contributed by atoms with Crippen LogP contribution < -0.4 is 10.3 Å². The van der Waals surface area contributed by atoms with Gasteiger partial charge in [-0.1, -0.05) is 6.92 Å². The first-order valence-electron chi connectivity index (χ1n) is 10.4. The summed E-state index contributed by atoms with van der Waals surface area (Å²) in [5.41, 5.74) is -4.57. The van der Waals surface area contributed by atoms with E-state index in [1.807, 2.05) is 6.92 Å². The monoisotopic (exact) mass is 498 g/mol. The minimum absolute atomic E-state index is 0.105. The number of fused-ring (bicyclic) bond motifs is 1. The maximum atomic E-state index is 15.9. The number of thioether (sulfide) groups is 1. The van der Waals surface area contributed by atoms with Gasteiger partial charge in [0.1, 0.15) is 22.9 Å². The van der Waals surface area contributed by atoms with E-state index in [0.29, 0.717) is 23.3 Å². The first-order chi connectivity index (χ1) is 16.1. The van der Waals surface area contributed by atoms with Crippen LogP contribution in [0, 0.1) is 35.0 Å². The molecule has 1 aromatic heterocycles.